The topological polar surface area (TPSA) is 6.48 Å². The number of nitrogens with zero attached hydrogens (tertiary/aromatic N) is 2. The largest absolute Gasteiger partial charge is 0.311 e. The van der Waals surface area contributed by atoms with Gasteiger partial charge in [-0.2, -0.15) is 0 Å². The summed E-state index contributed by atoms with van der Waals surface area (Å²) in [7, 11) is 0. The van der Waals surface area contributed by atoms with E-state index in [1.54, 1.807) is 0 Å². The van der Waals surface area contributed by atoms with Crippen LogP contribution in [0, 0.1) is 0 Å². The van der Waals surface area contributed by atoms with Crippen LogP contribution >= 0.6 is 0 Å². The van der Waals surface area contributed by atoms with Crippen LogP contribution in [-0.2, 0) is 21.7 Å². The first-order chi connectivity index (χ1) is 22.1. The summed E-state index contributed by atoms with van der Waals surface area (Å²) >= 11 is 0. The first kappa shape index (κ1) is 28.9. The van der Waals surface area contributed by atoms with E-state index in [0.29, 0.717) is 0 Å². The molecule has 4 aliphatic rings. The van der Waals surface area contributed by atoms with E-state index in [-0.39, 0.29) is 28.4 Å². The summed E-state index contributed by atoms with van der Waals surface area (Å²) in [5, 5.41) is 0. The Kier molecular flexibility index (Phi) is 5.42. The van der Waals surface area contributed by atoms with Crippen LogP contribution in [0.15, 0.2) is 91.0 Å². The van der Waals surface area contributed by atoms with Gasteiger partial charge in [0.15, 0.2) is 0 Å². The maximum absolute atomic E-state index is 2.63. The fraction of sp³-hybridized carbons (Fsp3) is 0.318. The summed E-state index contributed by atoms with van der Waals surface area (Å²) < 4.78 is 0. The molecule has 0 atom stereocenters. The van der Waals surface area contributed by atoms with E-state index in [1.807, 2.05) is 0 Å². The van der Waals surface area contributed by atoms with E-state index >= 15 is 0 Å². The van der Waals surface area contributed by atoms with Gasteiger partial charge in [0.05, 0.1) is 11.4 Å². The Bertz CT molecular complexity index is 2040. The average Bonchev–Trinajstić information content (AvgIpc) is 3.02. The first-order valence-electron chi connectivity index (χ1n) is 17.4. The third-order valence-corrected chi connectivity index (χ3v) is 11.9. The molecule has 4 aliphatic heterocycles. The van der Waals surface area contributed by atoms with Crippen LogP contribution in [0.25, 0.3) is 0 Å². The summed E-state index contributed by atoms with van der Waals surface area (Å²) in [6.45, 7) is 24.0. The van der Waals surface area contributed by atoms with E-state index < -0.39 is 0 Å². The third kappa shape index (κ3) is 3.58. The van der Waals surface area contributed by atoms with Gasteiger partial charge in [0, 0.05) is 33.6 Å². The highest BCUT2D eigenvalue weighted by molar-refractivity contribution is 7.00. The quantitative estimate of drug-likeness (QED) is 0.157. The van der Waals surface area contributed by atoms with Crippen LogP contribution in [-0.4, -0.2) is 6.71 Å². The monoisotopic (exact) mass is 612 g/mol. The van der Waals surface area contributed by atoms with Crippen molar-refractivity contribution < 1.29 is 0 Å². The standard InChI is InChI=1S/C44H45BN2/c1-41(2,3)26-19-21-36-32(23-26)45-33-24-27(42(4,5)6)20-22-37(33)47-35-18-14-12-16-29(35)44(9,10)31-25-30-39(38(45)40(31)47)46(36)34-17-13-11-15-28(34)43(30,7)8/h11-25H,1-10H3. The van der Waals surface area contributed by atoms with Crippen LogP contribution in [0.1, 0.15) is 103 Å². The lowest BCUT2D eigenvalue weighted by Crippen LogP contribution is -2.63. The number of para-hydroxylation sites is 2. The molecule has 0 saturated heterocycles. The number of anilines is 6. The molecular weight excluding hydrogens is 567 g/mol. The van der Waals surface area contributed by atoms with Crippen molar-refractivity contribution in [1.29, 1.82) is 0 Å². The average molecular weight is 613 g/mol. The van der Waals surface area contributed by atoms with E-state index in [9.17, 15) is 0 Å². The number of rotatable bonds is 0. The van der Waals surface area contributed by atoms with E-state index in [1.165, 1.54) is 83.9 Å². The normalized spacial score (nSPS) is 17.4. The van der Waals surface area contributed by atoms with Crippen molar-refractivity contribution in [3.8, 4) is 0 Å². The SMILES string of the molecule is CC(C)(C)c1ccc2c(c1)B1c3cc(C(C)(C)C)ccc3N3c4ccccc4C(C)(C)c4cc5c(c1c43)N2c1ccccc1C5(C)C. The maximum Gasteiger partial charge on any atom is 0.252 e. The third-order valence-electron chi connectivity index (χ3n) is 11.9. The molecule has 0 amide bonds. The molecule has 0 bridgehead atoms. The summed E-state index contributed by atoms with van der Waals surface area (Å²) in [4.78, 5) is 5.27. The highest BCUT2D eigenvalue weighted by Crippen LogP contribution is 2.59. The van der Waals surface area contributed by atoms with Crippen molar-refractivity contribution in [1.82, 2.24) is 0 Å². The van der Waals surface area contributed by atoms with Gasteiger partial charge < -0.3 is 9.80 Å². The van der Waals surface area contributed by atoms with Crippen molar-refractivity contribution >= 4 is 57.2 Å². The molecule has 0 aromatic heterocycles. The lowest BCUT2D eigenvalue weighted by molar-refractivity contribution is 0.590. The fourth-order valence-electron chi connectivity index (χ4n) is 9.21. The minimum Gasteiger partial charge on any atom is -0.311 e. The fourth-order valence-corrected chi connectivity index (χ4v) is 9.21. The number of fused-ring (bicyclic) bond motifs is 10. The van der Waals surface area contributed by atoms with Gasteiger partial charge in [-0.3, -0.25) is 0 Å². The van der Waals surface area contributed by atoms with Gasteiger partial charge in [0.25, 0.3) is 6.71 Å². The molecule has 2 nitrogen and oxygen atoms in total. The van der Waals surface area contributed by atoms with Gasteiger partial charge in [-0.1, -0.05) is 130 Å². The van der Waals surface area contributed by atoms with Crippen molar-refractivity contribution in [2.24, 2.45) is 0 Å². The van der Waals surface area contributed by atoms with Crippen LogP contribution in [0.5, 0.6) is 0 Å². The lowest BCUT2D eigenvalue weighted by Gasteiger charge is -2.54. The predicted molar refractivity (Wildman–Crippen MR) is 202 cm³/mol. The molecule has 0 N–H and O–H groups in total. The molecule has 0 radical (unpaired) electrons. The first-order valence-corrected chi connectivity index (χ1v) is 17.4. The Labute approximate surface area is 281 Å². The molecule has 3 heteroatoms. The minimum absolute atomic E-state index is 0.0378. The number of hydrogen-bond donors (Lipinski definition) is 0. The molecule has 0 unspecified atom stereocenters. The van der Waals surface area contributed by atoms with E-state index in [0.717, 1.165) is 0 Å². The molecule has 234 valence electrons. The second-order valence-electron chi connectivity index (χ2n) is 17.5. The molecule has 9 rings (SSSR count). The van der Waals surface area contributed by atoms with Crippen molar-refractivity contribution in [2.75, 3.05) is 9.80 Å². The van der Waals surface area contributed by atoms with Crippen molar-refractivity contribution in [2.45, 2.75) is 90.9 Å². The summed E-state index contributed by atoms with van der Waals surface area (Å²) in [6, 6.07) is 35.6. The van der Waals surface area contributed by atoms with Gasteiger partial charge in [-0.25, -0.2) is 0 Å². The van der Waals surface area contributed by atoms with Crippen molar-refractivity contribution in [3.05, 3.63) is 124 Å². The van der Waals surface area contributed by atoms with Crippen LogP contribution in [0.2, 0.25) is 0 Å². The molecule has 5 aromatic rings. The zero-order valence-electron chi connectivity index (χ0n) is 29.6. The lowest BCUT2D eigenvalue weighted by atomic mass is 9.32. The second kappa shape index (κ2) is 8.81. The zero-order chi connectivity index (χ0) is 33.0. The Morgan fingerprint density at radius 3 is 1.28 bits per heavy atom. The van der Waals surface area contributed by atoms with Gasteiger partial charge in [0.2, 0.25) is 0 Å². The molecule has 5 aromatic carbocycles. The Hall–Kier alpha value is -4.24. The van der Waals surface area contributed by atoms with Crippen LogP contribution in [0.3, 0.4) is 0 Å². The summed E-state index contributed by atoms with van der Waals surface area (Å²) in [6.07, 6.45) is 0. The van der Waals surface area contributed by atoms with E-state index in [4.69, 9.17) is 0 Å². The van der Waals surface area contributed by atoms with Gasteiger partial charge in [-0.05, 0) is 90.9 Å². The van der Waals surface area contributed by atoms with Crippen LogP contribution in [0.4, 0.5) is 34.1 Å². The summed E-state index contributed by atoms with van der Waals surface area (Å²) in [5.41, 5.74) is 20.5. The molecular formula is C44H45BN2. The maximum atomic E-state index is 2.63. The molecule has 47 heavy (non-hydrogen) atoms. The van der Waals surface area contributed by atoms with Gasteiger partial charge in [0.1, 0.15) is 0 Å². The van der Waals surface area contributed by atoms with Gasteiger partial charge in [-0.15, -0.1) is 0 Å². The smallest absolute Gasteiger partial charge is 0.252 e. The number of benzene rings is 5. The molecule has 0 fully saturated rings. The molecule has 0 spiro atoms. The van der Waals surface area contributed by atoms with E-state index in [2.05, 4.69) is 170 Å². The van der Waals surface area contributed by atoms with Crippen LogP contribution < -0.4 is 26.2 Å². The van der Waals surface area contributed by atoms with Gasteiger partial charge >= 0.3 is 0 Å². The van der Waals surface area contributed by atoms with Crippen molar-refractivity contribution in [3.63, 3.8) is 0 Å². The highest BCUT2D eigenvalue weighted by atomic mass is 15.2. The summed E-state index contributed by atoms with van der Waals surface area (Å²) in [5.74, 6) is 0. The number of hydrogen-bond acceptors (Lipinski definition) is 2. The molecule has 0 aliphatic carbocycles. The molecule has 4 heterocycles. The Balaban J connectivity index is 1.50. The zero-order valence-corrected chi connectivity index (χ0v) is 29.6. The molecule has 0 saturated carbocycles. The second-order valence-corrected chi connectivity index (χ2v) is 17.5. The Morgan fingerprint density at radius 1 is 0.468 bits per heavy atom. The minimum atomic E-state index is -0.160. The highest BCUT2D eigenvalue weighted by Gasteiger charge is 2.53. The predicted octanol–water partition coefficient (Wildman–Crippen LogP) is 9.64. The Morgan fingerprint density at radius 2 is 0.872 bits per heavy atom.